The van der Waals surface area contributed by atoms with Crippen LogP contribution in [-0.4, -0.2) is 21.5 Å². The second kappa shape index (κ2) is 9.13. The van der Waals surface area contributed by atoms with Gasteiger partial charge in [0.15, 0.2) is 5.11 Å². The first-order chi connectivity index (χ1) is 14.5. The molecule has 154 valence electrons. The topological polar surface area (TPSA) is 44.2 Å². The van der Waals surface area contributed by atoms with E-state index in [1.807, 2.05) is 54.6 Å². The Labute approximate surface area is 190 Å². The Morgan fingerprint density at radius 2 is 1.93 bits per heavy atom. The molecule has 0 bridgehead atoms. The van der Waals surface area contributed by atoms with Crippen LogP contribution in [0, 0.1) is 6.92 Å². The lowest BCUT2D eigenvalue weighted by molar-refractivity contribution is 0.368. The molecule has 0 fully saturated rings. The van der Waals surface area contributed by atoms with Gasteiger partial charge in [0, 0.05) is 38.9 Å². The Morgan fingerprint density at radius 1 is 1.10 bits per heavy atom. The van der Waals surface area contributed by atoms with Crippen LogP contribution in [0.4, 0.5) is 5.69 Å². The summed E-state index contributed by atoms with van der Waals surface area (Å²) in [6, 6.07) is 17.3. The molecule has 2 heterocycles. The average molecular weight is 458 g/mol. The summed E-state index contributed by atoms with van der Waals surface area (Å²) >= 11 is 18.1. The number of halogens is 2. The number of aromatic nitrogens is 1. The van der Waals surface area contributed by atoms with Crippen LogP contribution >= 0.6 is 35.4 Å². The third kappa shape index (κ3) is 4.81. The molecule has 7 heteroatoms. The smallest absolute Gasteiger partial charge is 0.173 e. The van der Waals surface area contributed by atoms with E-state index in [0.29, 0.717) is 23.2 Å². The zero-order valence-corrected chi connectivity index (χ0v) is 18.7. The summed E-state index contributed by atoms with van der Waals surface area (Å²) in [6.45, 7) is 3.37. The zero-order valence-electron chi connectivity index (χ0n) is 16.4. The molecule has 0 unspecified atom stereocenters. The molecule has 4 aromatic rings. The van der Waals surface area contributed by atoms with Crippen molar-refractivity contribution in [1.29, 1.82) is 0 Å². The van der Waals surface area contributed by atoms with E-state index in [9.17, 15) is 0 Å². The molecule has 0 saturated carbocycles. The summed E-state index contributed by atoms with van der Waals surface area (Å²) < 4.78 is 5.56. The fourth-order valence-corrected chi connectivity index (χ4v) is 4.17. The first-order valence-electron chi connectivity index (χ1n) is 9.60. The number of nitrogens with zero attached hydrogens (tertiary/aromatic N) is 1. The van der Waals surface area contributed by atoms with E-state index in [-0.39, 0.29) is 0 Å². The summed E-state index contributed by atoms with van der Waals surface area (Å²) in [5.74, 6) is 0.851. The highest BCUT2D eigenvalue weighted by Gasteiger charge is 2.16. The third-order valence-corrected chi connectivity index (χ3v) is 5.83. The van der Waals surface area contributed by atoms with Crippen molar-refractivity contribution in [3.8, 4) is 0 Å². The molecule has 2 aromatic carbocycles. The van der Waals surface area contributed by atoms with Gasteiger partial charge in [-0.25, -0.2) is 0 Å². The molecule has 0 aliphatic carbocycles. The second-order valence-electron chi connectivity index (χ2n) is 7.11. The number of rotatable bonds is 6. The zero-order chi connectivity index (χ0) is 21.1. The molecular weight excluding hydrogens is 437 g/mol. The highest BCUT2D eigenvalue weighted by atomic mass is 35.5. The summed E-state index contributed by atoms with van der Waals surface area (Å²) in [4.78, 5) is 5.54. The Balaban J connectivity index is 1.55. The van der Waals surface area contributed by atoms with Crippen molar-refractivity contribution in [2.75, 3.05) is 11.9 Å². The number of thiocarbonyl (C=S) groups is 1. The normalized spacial score (nSPS) is 11.0. The number of fused-ring (bicyclic) bond motifs is 1. The fourth-order valence-electron chi connectivity index (χ4n) is 3.54. The van der Waals surface area contributed by atoms with Crippen molar-refractivity contribution >= 4 is 57.1 Å². The average Bonchev–Trinajstić information content (AvgIpc) is 3.32. The van der Waals surface area contributed by atoms with Gasteiger partial charge in [-0.05, 0) is 79.7 Å². The van der Waals surface area contributed by atoms with Crippen LogP contribution < -0.4 is 5.32 Å². The predicted octanol–water partition coefficient (Wildman–Crippen LogP) is 6.82. The number of furan rings is 1. The van der Waals surface area contributed by atoms with E-state index in [2.05, 4.69) is 22.1 Å². The number of anilines is 1. The summed E-state index contributed by atoms with van der Waals surface area (Å²) in [5.41, 5.74) is 4.32. The number of aryl methyl sites for hydroxylation is 1. The molecule has 4 rings (SSSR count). The molecule has 0 radical (unpaired) electrons. The molecule has 0 aliphatic heterocycles. The quantitative estimate of drug-likeness (QED) is 0.311. The monoisotopic (exact) mass is 457 g/mol. The van der Waals surface area contributed by atoms with E-state index in [4.69, 9.17) is 39.8 Å². The van der Waals surface area contributed by atoms with Gasteiger partial charge in [0.2, 0.25) is 0 Å². The molecule has 0 amide bonds. The largest absolute Gasteiger partial charge is 0.467 e. The van der Waals surface area contributed by atoms with Crippen molar-refractivity contribution in [3.63, 3.8) is 0 Å². The second-order valence-corrected chi connectivity index (χ2v) is 8.37. The van der Waals surface area contributed by atoms with Crippen molar-refractivity contribution < 1.29 is 4.42 Å². The van der Waals surface area contributed by atoms with E-state index in [1.165, 1.54) is 5.56 Å². The summed E-state index contributed by atoms with van der Waals surface area (Å²) in [6.07, 6.45) is 2.48. The Bertz CT molecular complexity index is 1170. The van der Waals surface area contributed by atoms with Gasteiger partial charge in [-0.2, -0.15) is 0 Å². The first-order valence-corrected chi connectivity index (χ1v) is 10.8. The van der Waals surface area contributed by atoms with Gasteiger partial charge in [0.05, 0.1) is 12.8 Å². The standard InChI is InChI=1S/C23H21Cl2N3OS/c1-15-20(21-13-17(25)7-8-22(21)26-15)9-10-28(14-19-6-3-11-29-19)23(30)27-18-5-2-4-16(24)12-18/h2-8,11-13,26H,9-10,14H2,1H3,(H,27,30). The SMILES string of the molecule is Cc1[nH]c2ccc(Cl)cc2c1CCN(Cc1ccco1)C(=S)Nc1cccc(Cl)c1. The maximum absolute atomic E-state index is 6.23. The molecule has 30 heavy (non-hydrogen) atoms. The van der Waals surface area contributed by atoms with Crippen LogP contribution in [0.2, 0.25) is 10.0 Å². The minimum atomic E-state index is 0.571. The number of hydrogen-bond donors (Lipinski definition) is 2. The Hall–Kier alpha value is -2.47. The van der Waals surface area contributed by atoms with Crippen molar-refractivity contribution in [1.82, 2.24) is 9.88 Å². The van der Waals surface area contributed by atoms with E-state index in [1.54, 1.807) is 6.26 Å². The van der Waals surface area contributed by atoms with Gasteiger partial charge in [0.1, 0.15) is 5.76 Å². The van der Waals surface area contributed by atoms with Gasteiger partial charge in [-0.1, -0.05) is 29.3 Å². The number of H-pyrrole nitrogens is 1. The van der Waals surface area contributed by atoms with E-state index < -0.39 is 0 Å². The van der Waals surface area contributed by atoms with Crippen LogP contribution in [0.3, 0.4) is 0 Å². The highest BCUT2D eigenvalue weighted by Crippen LogP contribution is 2.26. The number of benzene rings is 2. The van der Waals surface area contributed by atoms with Crippen LogP contribution in [0.1, 0.15) is 17.0 Å². The lowest BCUT2D eigenvalue weighted by Gasteiger charge is -2.25. The predicted molar refractivity (Wildman–Crippen MR) is 129 cm³/mol. The van der Waals surface area contributed by atoms with Gasteiger partial charge < -0.3 is 19.6 Å². The first kappa shape index (κ1) is 20.8. The maximum atomic E-state index is 6.23. The van der Waals surface area contributed by atoms with E-state index in [0.717, 1.165) is 39.5 Å². The number of nitrogens with one attached hydrogen (secondary N) is 2. The highest BCUT2D eigenvalue weighted by molar-refractivity contribution is 7.80. The lowest BCUT2D eigenvalue weighted by Crippen LogP contribution is -2.35. The summed E-state index contributed by atoms with van der Waals surface area (Å²) in [7, 11) is 0. The molecule has 0 atom stereocenters. The lowest BCUT2D eigenvalue weighted by atomic mass is 10.1. The molecule has 4 nitrogen and oxygen atoms in total. The summed E-state index contributed by atoms with van der Waals surface area (Å²) in [5, 5.41) is 6.44. The molecule has 0 saturated heterocycles. The van der Waals surface area contributed by atoms with E-state index >= 15 is 0 Å². The minimum Gasteiger partial charge on any atom is -0.467 e. The van der Waals surface area contributed by atoms with Crippen LogP contribution in [0.25, 0.3) is 10.9 Å². The Morgan fingerprint density at radius 3 is 2.70 bits per heavy atom. The molecule has 2 aromatic heterocycles. The number of hydrogen-bond acceptors (Lipinski definition) is 2. The third-order valence-electron chi connectivity index (χ3n) is 5.00. The molecule has 2 N–H and O–H groups in total. The van der Waals surface area contributed by atoms with Gasteiger partial charge >= 0.3 is 0 Å². The fraction of sp³-hybridized carbons (Fsp3) is 0.174. The molecule has 0 spiro atoms. The number of aromatic amines is 1. The molecular formula is C23H21Cl2N3OS. The van der Waals surface area contributed by atoms with Gasteiger partial charge in [-0.15, -0.1) is 0 Å². The van der Waals surface area contributed by atoms with Crippen molar-refractivity contribution in [3.05, 3.63) is 87.9 Å². The van der Waals surface area contributed by atoms with Crippen molar-refractivity contribution in [2.24, 2.45) is 0 Å². The van der Waals surface area contributed by atoms with Crippen molar-refractivity contribution in [2.45, 2.75) is 19.9 Å². The van der Waals surface area contributed by atoms with Crippen LogP contribution in [-0.2, 0) is 13.0 Å². The van der Waals surface area contributed by atoms with Gasteiger partial charge in [0.25, 0.3) is 0 Å². The van der Waals surface area contributed by atoms with Crippen LogP contribution in [0.15, 0.2) is 65.3 Å². The Kier molecular flexibility index (Phi) is 6.32. The van der Waals surface area contributed by atoms with Crippen LogP contribution in [0.5, 0.6) is 0 Å². The maximum Gasteiger partial charge on any atom is 0.173 e. The molecule has 0 aliphatic rings. The minimum absolute atomic E-state index is 0.571. The van der Waals surface area contributed by atoms with Gasteiger partial charge in [-0.3, -0.25) is 0 Å².